The molecular formula is C23H20N2O2. The highest BCUT2D eigenvalue weighted by Crippen LogP contribution is 2.26. The summed E-state index contributed by atoms with van der Waals surface area (Å²) in [7, 11) is 1.63. The molecule has 0 spiro atoms. The maximum absolute atomic E-state index is 13.4. The molecule has 0 aliphatic rings. The van der Waals surface area contributed by atoms with E-state index in [-0.39, 0.29) is 5.56 Å². The van der Waals surface area contributed by atoms with Crippen molar-refractivity contribution >= 4 is 10.9 Å². The van der Waals surface area contributed by atoms with Gasteiger partial charge in [0.25, 0.3) is 5.56 Å². The number of aryl methyl sites for hydroxylation is 1. The standard InChI is InChI=1S/C23H20N2O2/c1-15-7-6-10-21(16(15)2)25-22(17-11-13-18(27-3)14-12-17)24-20-9-5-4-8-19(20)23(25)26/h4-14H,1-3H3. The Morgan fingerprint density at radius 2 is 1.63 bits per heavy atom. The molecule has 0 radical (unpaired) electrons. The molecule has 4 heteroatoms. The van der Waals surface area contributed by atoms with Crippen LogP contribution in [0.25, 0.3) is 28.0 Å². The SMILES string of the molecule is COc1ccc(-c2nc3ccccc3c(=O)n2-c2cccc(C)c2C)cc1. The summed E-state index contributed by atoms with van der Waals surface area (Å²) in [6.45, 7) is 4.08. The second kappa shape index (κ2) is 6.72. The monoisotopic (exact) mass is 356 g/mol. The molecule has 1 heterocycles. The second-order valence-corrected chi connectivity index (χ2v) is 6.54. The van der Waals surface area contributed by atoms with Crippen LogP contribution in [-0.2, 0) is 0 Å². The lowest BCUT2D eigenvalue weighted by atomic mass is 10.1. The highest BCUT2D eigenvalue weighted by molar-refractivity contribution is 5.80. The molecule has 0 fully saturated rings. The molecule has 0 saturated heterocycles. The molecular weight excluding hydrogens is 336 g/mol. The van der Waals surface area contributed by atoms with Crippen molar-refractivity contribution in [2.24, 2.45) is 0 Å². The molecule has 0 atom stereocenters. The van der Waals surface area contributed by atoms with Gasteiger partial charge in [0.2, 0.25) is 0 Å². The summed E-state index contributed by atoms with van der Waals surface area (Å²) in [5, 5.41) is 0.607. The van der Waals surface area contributed by atoms with Crippen LogP contribution in [0.15, 0.2) is 71.5 Å². The highest BCUT2D eigenvalue weighted by Gasteiger charge is 2.16. The van der Waals surface area contributed by atoms with Gasteiger partial charge >= 0.3 is 0 Å². The van der Waals surface area contributed by atoms with E-state index in [2.05, 4.69) is 0 Å². The minimum atomic E-state index is -0.0693. The summed E-state index contributed by atoms with van der Waals surface area (Å²) >= 11 is 0. The fourth-order valence-corrected chi connectivity index (χ4v) is 3.27. The van der Waals surface area contributed by atoms with Gasteiger partial charge < -0.3 is 4.74 Å². The third kappa shape index (κ3) is 2.89. The molecule has 0 aliphatic heterocycles. The van der Waals surface area contributed by atoms with Crippen molar-refractivity contribution in [3.63, 3.8) is 0 Å². The number of ether oxygens (including phenoxy) is 1. The molecule has 0 amide bonds. The summed E-state index contributed by atoms with van der Waals surface area (Å²) in [6.07, 6.45) is 0. The molecule has 0 unspecified atom stereocenters. The Kier molecular flexibility index (Phi) is 4.24. The maximum atomic E-state index is 13.4. The Morgan fingerprint density at radius 1 is 0.889 bits per heavy atom. The number of hydrogen-bond acceptors (Lipinski definition) is 3. The van der Waals surface area contributed by atoms with Gasteiger partial charge in [-0.05, 0) is 67.4 Å². The van der Waals surface area contributed by atoms with Crippen LogP contribution in [0.1, 0.15) is 11.1 Å². The van der Waals surface area contributed by atoms with Gasteiger partial charge in [0.1, 0.15) is 11.6 Å². The van der Waals surface area contributed by atoms with Gasteiger partial charge in [-0.2, -0.15) is 0 Å². The number of benzene rings is 3. The van der Waals surface area contributed by atoms with Crippen molar-refractivity contribution < 1.29 is 4.74 Å². The van der Waals surface area contributed by atoms with Crippen LogP contribution in [0.4, 0.5) is 0 Å². The Balaban J connectivity index is 2.10. The van der Waals surface area contributed by atoms with Crippen molar-refractivity contribution in [2.45, 2.75) is 13.8 Å². The van der Waals surface area contributed by atoms with Crippen LogP contribution in [0.3, 0.4) is 0 Å². The molecule has 4 nitrogen and oxygen atoms in total. The molecule has 134 valence electrons. The van der Waals surface area contributed by atoms with E-state index in [1.54, 1.807) is 11.7 Å². The zero-order valence-electron chi connectivity index (χ0n) is 15.6. The first-order valence-corrected chi connectivity index (χ1v) is 8.83. The van der Waals surface area contributed by atoms with E-state index in [1.807, 2.05) is 80.6 Å². The summed E-state index contributed by atoms with van der Waals surface area (Å²) in [5.41, 5.74) is 4.53. The van der Waals surface area contributed by atoms with Crippen LogP contribution in [-0.4, -0.2) is 16.7 Å². The van der Waals surface area contributed by atoms with Crippen molar-refractivity contribution in [3.05, 3.63) is 88.2 Å². The lowest BCUT2D eigenvalue weighted by Gasteiger charge is -2.17. The van der Waals surface area contributed by atoms with E-state index < -0.39 is 0 Å². The lowest BCUT2D eigenvalue weighted by Crippen LogP contribution is -2.22. The van der Waals surface area contributed by atoms with E-state index in [0.717, 1.165) is 28.1 Å². The van der Waals surface area contributed by atoms with Gasteiger partial charge in [-0.15, -0.1) is 0 Å². The van der Waals surface area contributed by atoms with Gasteiger partial charge in [-0.1, -0.05) is 24.3 Å². The third-order valence-electron chi connectivity index (χ3n) is 4.94. The summed E-state index contributed by atoms with van der Waals surface area (Å²) < 4.78 is 6.97. The second-order valence-electron chi connectivity index (χ2n) is 6.54. The van der Waals surface area contributed by atoms with E-state index in [9.17, 15) is 4.79 Å². The first-order valence-electron chi connectivity index (χ1n) is 8.83. The molecule has 4 aromatic rings. The van der Waals surface area contributed by atoms with Crippen LogP contribution < -0.4 is 10.3 Å². The van der Waals surface area contributed by atoms with E-state index >= 15 is 0 Å². The lowest BCUT2D eigenvalue weighted by molar-refractivity contribution is 0.415. The average molecular weight is 356 g/mol. The van der Waals surface area contributed by atoms with Crippen LogP contribution in [0.2, 0.25) is 0 Å². The number of aromatic nitrogens is 2. The van der Waals surface area contributed by atoms with Crippen molar-refractivity contribution in [2.75, 3.05) is 7.11 Å². The van der Waals surface area contributed by atoms with E-state index in [1.165, 1.54) is 0 Å². The zero-order valence-corrected chi connectivity index (χ0v) is 15.6. The number of nitrogens with zero attached hydrogens (tertiary/aromatic N) is 2. The van der Waals surface area contributed by atoms with Gasteiger partial charge in [-0.3, -0.25) is 9.36 Å². The first-order chi connectivity index (χ1) is 13.1. The molecule has 0 N–H and O–H groups in total. The molecule has 3 aromatic carbocycles. The quantitative estimate of drug-likeness (QED) is 0.535. The molecule has 0 bridgehead atoms. The normalized spacial score (nSPS) is 10.9. The first kappa shape index (κ1) is 17.0. The molecule has 1 aromatic heterocycles. The number of hydrogen-bond donors (Lipinski definition) is 0. The highest BCUT2D eigenvalue weighted by atomic mass is 16.5. The predicted octanol–water partition coefficient (Wildman–Crippen LogP) is 4.68. The maximum Gasteiger partial charge on any atom is 0.266 e. The smallest absolute Gasteiger partial charge is 0.266 e. The van der Waals surface area contributed by atoms with E-state index in [4.69, 9.17) is 9.72 Å². The Labute approximate surface area is 157 Å². The van der Waals surface area contributed by atoms with Gasteiger partial charge in [0.15, 0.2) is 0 Å². The topological polar surface area (TPSA) is 44.1 Å². The zero-order chi connectivity index (χ0) is 19.0. The summed E-state index contributed by atoms with van der Waals surface area (Å²) in [6, 6.07) is 21.1. The fourth-order valence-electron chi connectivity index (χ4n) is 3.27. The van der Waals surface area contributed by atoms with E-state index in [0.29, 0.717) is 16.7 Å². The number of methoxy groups -OCH3 is 1. The van der Waals surface area contributed by atoms with Crippen molar-refractivity contribution in [1.29, 1.82) is 0 Å². The van der Waals surface area contributed by atoms with Gasteiger partial charge in [0, 0.05) is 5.56 Å². The summed E-state index contributed by atoms with van der Waals surface area (Å²) in [5.74, 6) is 1.38. The number of fused-ring (bicyclic) bond motifs is 1. The molecule has 0 aliphatic carbocycles. The molecule has 27 heavy (non-hydrogen) atoms. The summed E-state index contributed by atoms with van der Waals surface area (Å²) in [4.78, 5) is 18.2. The Morgan fingerprint density at radius 3 is 2.37 bits per heavy atom. The fraction of sp³-hybridized carbons (Fsp3) is 0.130. The Hall–Kier alpha value is -3.40. The van der Waals surface area contributed by atoms with Crippen molar-refractivity contribution in [1.82, 2.24) is 9.55 Å². The minimum Gasteiger partial charge on any atom is -0.497 e. The predicted molar refractivity (Wildman–Crippen MR) is 109 cm³/mol. The number of para-hydroxylation sites is 1. The molecule has 4 rings (SSSR count). The van der Waals surface area contributed by atoms with Crippen molar-refractivity contribution in [3.8, 4) is 22.8 Å². The number of rotatable bonds is 3. The molecule has 0 saturated carbocycles. The minimum absolute atomic E-state index is 0.0693. The van der Waals surface area contributed by atoms with Crippen LogP contribution >= 0.6 is 0 Å². The van der Waals surface area contributed by atoms with Gasteiger partial charge in [0.05, 0.1) is 23.7 Å². The largest absolute Gasteiger partial charge is 0.497 e. The van der Waals surface area contributed by atoms with Crippen LogP contribution in [0, 0.1) is 13.8 Å². The Bertz CT molecular complexity index is 1190. The van der Waals surface area contributed by atoms with Gasteiger partial charge in [-0.25, -0.2) is 4.98 Å². The third-order valence-corrected chi connectivity index (χ3v) is 4.94. The average Bonchev–Trinajstić information content (AvgIpc) is 2.70. The van der Waals surface area contributed by atoms with Crippen LogP contribution in [0.5, 0.6) is 5.75 Å².